The Balaban J connectivity index is 0.00000294. The molecule has 2 heterocycles. The summed E-state index contributed by atoms with van der Waals surface area (Å²) < 4.78 is 35.3. The Kier molecular flexibility index (Phi) is 5.38. The Bertz CT molecular complexity index is 1710. The van der Waals surface area contributed by atoms with E-state index < -0.39 is 6.98 Å². The van der Waals surface area contributed by atoms with Crippen LogP contribution in [-0.2, 0) is 28.0 Å². The Morgan fingerprint density at radius 2 is 1.49 bits per heavy atom. The molecule has 5 nitrogen and oxygen atoms in total. The van der Waals surface area contributed by atoms with Crippen LogP contribution in [0.4, 0.5) is 0 Å². The van der Waals surface area contributed by atoms with Crippen molar-refractivity contribution in [1.29, 1.82) is 0 Å². The minimum Gasteiger partial charge on any atom is -0.510 e. The molecule has 6 aromatic rings. The van der Waals surface area contributed by atoms with E-state index >= 15 is 0 Å². The number of aryl methyl sites for hydroxylation is 1. The summed E-state index contributed by atoms with van der Waals surface area (Å²) in [5, 5.41) is 0. The molecule has 0 unspecified atom stereocenters. The molecule has 0 bridgehead atoms. The number of fused-ring (bicyclic) bond motifs is 1. The summed E-state index contributed by atoms with van der Waals surface area (Å²) in [6, 6.07) is 35.8. The fourth-order valence-corrected chi connectivity index (χ4v) is 3.84. The molecule has 0 spiro atoms. The first-order valence-electron chi connectivity index (χ1n) is 12.2. The van der Waals surface area contributed by atoms with Crippen LogP contribution in [0.3, 0.4) is 0 Å². The summed E-state index contributed by atoms with van der Waals surface area (Å²) in [6.07, 6.45) is 9.30. The van der Waals surface area contributed by atoms with E-state index in [2.05, 4.69) is 30.9 Å². The molecule has 35 heavy (non-hydrogen) atoms. The van der Waals surface area contributed by atoms with E-state index in [1.807, 2.05) is 81.9 Å². The van der Waals surface area contributed by atoms with Crippen LogP contribution in [0.2, 0.25) is 0 Å². The van der Waals surface area contributed by atoms with Crippen molar-refractivity contribution in [2.75, 3.05) is 0 Å². The topological polar surface area (TPSA) is 26.8 Å². The van der Waals surface area contributed by atoms with Crippen LogP contribution < -0.4 is 13.9 Å². The molecule has 0 saturated carbocycles. The second-order valence-corrected chi connectivity index (χ2v) is 7.64. The first-order chi connectivity index (χ1) is 18.0. The van der Waals surface area contributed by atoms with Crippen LogP contribution in [-0.4, -0.2) is 9.13 Å². The zero-order valence-corrected chi connectivity index (χ0v) is 20.6. The molecular weight excluding hydrogens is 615 g/mol. The third kappa shape index (κ3) is 4.55. The van der Waals surface area contributed by atoms with Gasteiger partial charge in [-0.2, -0.15) is 24.3 Å². The van der Waals surface area contributed by atoms with E-state index in [0.29, 0.717) is 17.2 Å². The summed E-state index contributed by atoms with van der Waals surface area (Å²) in [5.41, 5.74) is 4.39. The number of ether oxygens (including phenoxy) is 1. The molecule has 0 N–H and O–H groups in total. The normalized spacial score (nSPS) is 12.4. The van der Waals surface area contributed by atoms with Crippen LogP contribution in [0.15, 0.2) is 103 Å². The van der Waals surface area contributed by atoms with Crippen LogP contribution in [0, 0.1) is 24.8 Å². The first-order valence-corrected chi connectivity index (χ1v) is 10.7. The number of hydrogen-bond acceptors (Lipinski definition) is 1. The molecule has 0 radical (unpaired) electrons. The standard InChI is InChI=1S/C29H20N4O.Pt/c1-30-17-18-31(21-30)24-11-7-13-26(19-24)34-27-14-8-12-25(20-27)33-22-32(23-9-3-2-4-10-23)28-15-5-6-16-29(28)33;/h2-18H,1H3;/q-2;+4/i1D3;. The number of nitrogens with zero attached hydrogens (tertiary/aromatic N) is 4. The largest absolute Gasteiger partial charge is 4.00 e. The van der Waals surface area contributed by atoms with Crippen molar-refractivity contribution in [2.45, 2.75) is 0 Å². The van der Waals surface area contributed by atoms with Gasteiger partial charge in [-0.25, -0.2) is 0 Å². The van der Waals surface area contributed by atoms with Gasteiger partial charge in [-0.05, 0) is 17.8 Å². The number of hydrogen-bond donors (Lipinski definition) is 0. The van der Waals surface area contributed by atoms with Gasteiger partial charge in [-0.3, -0.25) is 4.57 Å². The van der Waals surface area contributed by atoms with Gasteiger partial charge in [0, 0.05) is 23.9 Å². The fourth-order valence-electron chi connectivity index (χ4n) is 3.84. The predicted molar refractivity (Wildman–Crippen MR) is 127 cm³/mol. The van der Waals surface area contributed by atoms with Crippen molar-refractivity contribution < 1.29 is 39.0 Å². The number of imidazole rings is 2. The molecule has 0 aliphatic carbocycles. The van der Waals surface area contributed by atoms with Gasteiger partial charge in [-0.1, -0.05) is 48.2 Å². The molecule has 0 fully saturated rings. The summed E-state index contributed by atoms with van der Waals surface area (Å²) in [5.74, 6) is 0.978. The summed E-state index contributed by atoms with van der Waals surface area (Å²) in [6.45, 7) is -2.30. The van der Waals surface area contributed by atoms with E-state index in [9.17, 15) is 0 Å². The second kappa shape index (κ2) is 9.73. The van der Waals surface area contributed by atoms with Gasteiger partial charge in [0.25, 0.3) is 6.33 Å². The molecule has 4 aromatic carbocycles. The summed E-state index contributed by atoms with van der Waals surface area (Å²) >= 11 is 0. The molecule has 6 rings (SSSR count). The zero-order valence-electron chi connectivity index (χ0n) is 21.3. The van der Waals surface area contributed by atoms with Gasteiger partial charge in [0.1, 0.15) is 0 Å². The third-order valence-electron chi connectivity index (χ3n) is 5.38. The van der Waals surface area contributed by atoms with E-state index in [-0.39, 0.29) is 21.1 Å². The SMILES string of the molecule is [2H]C([2H])([2H])[n+]1[c-]n(-c2[c-]c(Oc3[c-]c(-n4[c-][n+](-c5ccccc5)c5ccccc54)ccc3)ccc2)cc1.[Pt+4]. The molecule has 0 saturated heterocycles. The maximum atomic E-state index is 7.54. The zero-order chi connectivity index (χ0) is 25.4. The predicted octanol–water partition coefficient (Wildman–Crippen LogP) is 4.51. The molecule has 170 valence electrons. The van der Waals surface area contributed by atoms with Crippen molar-refractivity contribution in [1.82, 2.24) is 9.13 Å². The maximum absolute atomic E-state index is 7.54. The minimum atomic E-state index is -2.30. The molecular formula is C29H20N4OPt+2. The molecule has 2 aromatic heterocycles. The van der Waals surface area contributed by atoms with Gasteiger partial charge >= 0.3 is 21.1 Å². The smallest absolute Gasteiger partial charge is 0.510 e. The van der Waals surface area contributed by atoms with Crippen LogP contribution in [0.25, 0.3) is 28.1 Å². The molecule has 0 atom stereocenters. The average molecular weight is 639 g/mol. The quantitative estimate of drug-likeness (QED) is 0.202. The number of para-hydroxylation sites is 3. The monoisotopic (exact) mass is 638 g/mol. The van der Waals surface area contributed by atoms with Gasteiger partial charge in [0.15, 0.2) is 0 Å². The number of rotatable bonds is 5. The van der Waals surface area contributed by atoms with E-state index in [1.54, 1.807) is 22.9 Å². The van der Waals surface area contributed by atoms with Crippen LogP contribution in [0.5, 0.6) is 11.5 Å². The first kappa shape index (κ1) is 19.4. The molecule has 0 aliphatic rings. The number of aromatic nitrogens is 4. The Hall–Kier alpha value is -3.95. The molecule has 0 amide bonds. The second-order valence-electron chi connectivity index (χ2n) is 7.64. The van der Waals surface area contributed by atoms with Gasteiger partial charge in [-0.15, -0.1) is 24.3 Å². The van der Waals surface area contributed by atoms with E-state index in [4.69, 9.17) is 8.85 Å². The van der Waals surface area contributed by atoms with Crippen molar-refractivity contribution in [3.05, 3.63) is 128 Å². The Labute approximate surface area is 222 Å². The average Bonchev–Trinajstić information content (AvgIpc) is 3.56. The Morgan fingerprint density at radius 1 is 0.771 bits per heavy atom. The minimum absolute atomic E-state index is 0. The maximum Gasteiger partial charge on any atom is 4.00 e. The summed E-state index contributed by atoms with van der Waals surface area (Å²) in [4.78, 5) is 0. The van der Waals surface area contributed by atoms with E-state index in [0.717, 1.165) is 27.0 Å². The van der Waals surface area contributed by atoms with Crippen LogP contribution in [0.1, 0.15) is 4.11 Å². The summed E-state index contributed by atoms with van der Waals surface area (Å²) in [7, 11) is 0. The van der Waals surface area contributed by atoms with Crippen LogP contribution >= 0.6 is 0 Å². The third-order valence-corrected chi connectivity index (χ3v) is 5.38. The van der Waals surface area contributed by atoms with Gasteiger partial charge < -0.3 is 18.4 Å². The number of benzene rings is 4. The van der Waals surface area contributed by atoms with Crippen molar-refractivity contribution in [2.24, 2.45) is 6.98 Å². The fraction of sp³-hybridized carbons (Fsp3) is 0.0345. The Morgan fingerprint density at radius 3 is 2.26 bits per heavy atom. The van der Waals surface area contributed by atoms with Crippen molar-refractivity contribution >= 4 is 11.0 Å². The van der Waals surface area contributed by atoms with Gasteiger partial charge in [0.2, 0.25) is 6.33 Å². The van der Waals surface area contributed by atoms with Crippen molar-refractivity contribution in [3.63, 3.8) is 0 Å². The molecule has 0 aliphatic heterocycles. The molecule has 6 heteroatoms. The van der Waals surface area contributed by atoms with Crippen molar-refractivity contribution in [3.8, 4) is 28.6 Å². The van der Waals surface area contributed by atoms with E-state index in [1.165, 1.54) is 6.20 Å². The van der Waals surface area contributed by atoms with Gasteiger partial charge in [0.05, 0.1) is 27.8 Å².